The third kappa shape index (κ3) is 8.11. The van der Waals surface area contributed by atoms with Crippen molar-refractivity contribution in [3.8, 4) is 0 Å². The number of carbonyl (C=O) groups excluding carboxylic acids is 2. The first-order valence-electron chi connectivity index (χ1n) is 12.2. The number of halogens is 2. The van der Waals surface area contributed by atoms with E-state index in [0.717, 1.165) is 27.8 Å². The number of rotatable bonds is 10. The van der Waals surface area contributed by atoms with Crippen molar-refractivity contribution in [2.75, 3.05) is 6.54 Å². The van der Waals surface area contributed by atoms with Crippen molar-refractivity contribution in [3.05, 3.63) is 105 Å². The molecule has 0 aliphatic carbocycles. The molecule has 1 atom stereocenters. The van der Waals surface area contributed by atoms with Gasteiger partial charge >= 0.3 is 0 Å². The number of carbonyl (C=O) groups is 2. The Morgan fingerprint density at radius 3 is 2.11 bits per heavy atom. The second-order valence-electron chi connectivity index (χ2n) is 9.79. The zero-order valence-electron chi connectivity index (χ0n) is 21.4. The van der Waals surface area contributed by atoms with Gasteiger partial charge in [-0.15, -0.1) is 0 Å². The molecule has 3 rings (SSSR count). The number of nitrogens with zero attached hydrogens (tertiary/aromatic N) is 1. The topological polar surface area (TPSA) is 49.4 Å². The molecule has 1 N–H and O–H groups in total. The van der Waals surface area contributed by atoms with Crippen LogP contribution in [-0.4, -0.2) is 29.3 Å². The van der Waals surface area contributed by atoms with E-state index in [1.807, 2.05) is 76.2 Å². The Hall–Kier alpha value is -2.82. The van der Waals surface area contributed by atoms with E-state index in [1.165, 1.54) is 0 Å². The van der Waals surface area contributed by atoms with Gasteiger partial charge in [0.15, 0.2) is 0 Å². The SMILES string of the molecule is Cc1cc(C)cc(CC(=O)N(Cc2ccc(Cl)c(Cl)c2)[C@H](Cc2ccccc2)C(=O)NCC(C)C)c1. The fraction of sp³-hybridized carbons (Fsp3) is 0.333. The zero-order valence-corrected chi connectivity index (χ0v) is 22.9. The van der Waals surface area contributed by atoms with E-state index in [9.17, 15) is 9.59 Å². The van der Waals surface area contributed by atoms with E-state index in [-0.39, 0.29) is 24.8 Å². The van der Waals surface area contributed by atoms with Crippen molar-refractivity contribution < 1.29 is 9.59 Å². The Kier molecular flexibility index (Phi) is 9.98. The molecule has 0 aliphatic rings. The van der Waals surface area contributed by atoms with Crippen molar-refractivity contribution >= 4 is 35.0 Å². The fourth-order valence-corrected chi connectivity index (χ4v) is 4.58. The minimum Gasteiger partial charge on any atom is -0.354 e. The number of hydrogen-bond acceptors (Lipinski definition) is 2. The molecule has 2 amide bonds. The van der Waals surface area contributed by atoms with Gasteiger partial charge in [-0.2, -0.15) is 0 Å². The molecule has 0 radical (unpaired) electrons. The summed E-state index contributed by atoms with van der Waals surface area (Å²) in [6.07, 6.45) is 0.608. The van der Waals surface area contributed by atoms with E-state index >= 15 is 0 Å². The van der Waals surface area contributed by atoms with E-state index in [0.29, 0.717) is 28.9 Å². The summed E-state index contributed by atoms with van der Waals surface area (Å²) in [4.78, 5) is 29.1. The lowest BCUT2D eigenvalue weighted by atomic mass is 10.00. The van der Waals surface area contributed by atoms with Crippen LogP contribution in [-0.2, 0) is 29.0 Å². The Morgan fingerprint density at radius 2 is 1.50 bits per heavy atom. The highest BCUT2D eigenvalue weighted by atomic mass is 35.5. The third-order valence-electron chi connectivity index (χ3n) is 5.93. The summed E-state index contributed by atoms with van der Waals surface area (Å²) in [5, 5.41) is 3.91. The second kappa shape index (κ2) is 12.9. The summed E-state index contributed by atoms with van der Waals surface area (Å²) in [6.45, 7) is 8.91. The molecule has 0 bridgehead atoms. The molecule has 36 heavy (non-hydrogen) atoms. The predicted molar refractivity (Wildman–Crippen MR) is 148 cm³/mol. The third-order valence-corrected chi connectivity index (χ3v) is 6.67. The molecule has 0 aromatic heterocycles. The first kappa shape index (κ1) is 27.8. The van der Waals surface area contributed by atoms with Crippen molar-refractivity contribution in [3.63, 3.8) is 0 Å². The van der Waals surface area contributed by atoms with Gasteiger partial charge in [0, 0.05) is 19.5 Å². The summed E-state index contributed by atoms with van der Waals surface area (Å²) < 4.78 is 0. The average molecular weight is 526 g/mol. The summed E-state index contributed by atoms with van der Waals surface area (Å²) in [6, 6.07) is 20.6. The van der Waals surface area contributed by atoms with Crippen molar-refractivity contribution in [2.24, 2.45) is 5.92 Å². The van der Waals surface area contributed by atoms with Crippen LogP contribution in [0.4, 0.5) is 0 Å². The minimum atomic E-state index is -0.681. The molecule has 0 heterocycles. The van der Waals surface area contributed by atoms with Crippen LogP contribution in [0.15, 0.2) is 66.7 Å². The minimum absolute atomic E-state index is 0.119. The van der Waals surface area contributed by atoms with Gasteiger partial charge in [-0.3, -0.25) is 9.59 Å². The molecule has 0 unspecified atom stereocenters. The van der Waals surface area contributed by atoms with Crippen LogP contribution >= 0.6 is 23.2 Å². The van der Waals surface area contributed by atoms with E-state index < -0.39 is 6.04 Å². The molecule has 6 heteroatoms. The average Bonchev–Trinajstić information content (AvgIpc) is 2.82. The van der Waals surface area contributed by atoms with E-state index in [4.69, 9.17) is 23.2 Å². The lowest BCUT2D eigenvalue weighted by Gasteiger charge is -2.32. The maximum absolute atomic E-state index is 13.9. The summed E-state index contributed by atoms with van der Waals surface area (Å²) >= 11 is 12.4. The lowest BCUT2D eigenvalue weighted by molar-refractivity contribution is -0.140. The molecule has 0 spiro atoms. The monoisotopic (exact) mass is 524 g/mol. The van der Waals surface area contributed by atoms with E-state index in [1.54, 1.807) is 17.0 Å². The highest BCUT2D eigenvalue weighted by Gasteiger charge is 2.30. The zero-order chi connectivity index (χ0) is 26.2. The quantitative estimate of drug-likeness (QED) is 0.326. The van der Waals surface area contributed by atoms with Gasteiger partial charge in [0.25, 0.3) is 0 Å². The van der Waals surface area contributed by atoms with Gasteiger partial charge in [0.1, 0.15) is 6.04 Å². The van der Waals surface area contributed by atoms with Crippen molar-refractivity contribution in [2.45, 2.75) is 53.1 Å². The van der Waals surface area contributed by atoms with Gasteiger partial charge in [-0.05, 0) is 48.6 Å². The normalized spacial score (nSPS) is 11.9. The molecular weight excluding hydrogens is 491 g/mol. The Balaban J connectivity index is 1.99. The maximum atomic E-state index is 13.9. The molecule has 4 nitrogen and oxygen atoms in total. The van der Waals surface area contributed by atoms with Crippen molar-refractivity contribution in [1.82, 2.24) is 10.2 Å². The van der Waals surface area contributed by atoms with Crippen LogP contribution in [0.5, 0.6) is 0 Å². The summed E-state index contributed by atoms with van der Waals surface area (Å²) in [7, 11) is 0. The van der Waals surface area contributed by atoms with Crippen LogP contribution in [0.25, 0.3) is 0 Å². The van der Waals surface area contributed by atoms with Gasteiger partial charge in [-0.25, -0.2) is 0 Å². The maximum Gasteiger partial charge on any atom is 0.243 e. The second-order valence-corrected chi connectivity index (χ2v) is 10.6. The summed E-state index contributed by atoms with van der Waals surface area (Å²) in [5.41, 5.74) is 4.93. The molecule has 0 aliphatic heterocycles. The number of aryl methyl sites for hydroxylation is 2. The largest absolute Gasteiger partial charge is 0.354 e. The molecular formula is C30H34Cl2N2O2. The number of hydrogen-bond donors (Lipinski definition) is 1. The molecule has 190 valence electrons. The van der Waals surface area contributed by atoms with Crippen LogP contribution in [0.1, 0.15) is 41.7 Å². The van der Waals surface area contributed by atoms with Crippen LogP contribution in [0.2, 0.25) is 10.0 Å². The first-order chi connectivity index (χ1) is 17.1. The molecule has 0 fully saturated rings. The molecule has 3 aromatic carbocycles. The number of amides is 2. The fourth-order valence-electron chi connectivity index (χ4n) is 4.26. The van der Waals surface area contributed by atoms with Crippen molar-refractivity contribution in [1.29, 1.82) is 0 Å². The van der Waals surface area contributed by atoms with Gasteiger partial charge in [0.2, 0.25) is 11.8 Å². The van der Waals surface area contributed by atoms with Crippen LogP contribution < -0.4 is 5.32 Å². The molecule has 0 saturated heterocycles. The first-order valence-corrected chi connectivity index (χ1v) is 13.0. The predicted octanol–water partition coefficient (Wildman–Crippen LogP) is 6.57. The Labute approximate surface area is 224 Å². The Bertz CT molecular complexity index is 1170. The smallest absolute Gasteiger partial charge is 0.243 e. The molecule has 0 saturated carbocycles. The number of benzene rings is 3. The molecule has 3 aromatic rings. The highest BCUT2D eigenvalue weighted by Crippen LogP contribution is 2.25. The Morgan fingerprint density at radius 1 is 0.833 bits per heavy atom. The highest BCUT2D eigenvalue weighted by molar-refractivity contribution is 6.42. The van der Waals surface area contributed by atoms with E-state index in [2.05, 4.69) is 11.4 Å². The standard InChI is InChI=1S/C30H34Cl2N2O2/c1-20(2)18-33-30(36)28(16-23-8-6-5-7-9-23)34(19-24-10-11-26(31)27(32)15-24)29(35)17-25-13-21(3)12-22(4)14-25/h5-15,20,28H,16-19H2,1-4H3,(H,33,36)/t28-/m1/s1. The van der Waals surface area contributed by atoms with Crippen LogP contribution in [0, 0.1) is 19.8 Å². The van der Waals surface area contributed by atoms with Crippen LogP contribution in [0.3, 0.4) is 0 Å². The number of nitrogens with one attached hydrogen (secondary N) is 1. The van der Waals surface area contributed by atoms with Gasteiger partial charge in [-0.1, -0.05) is 103 Å². The summed E-state index contributed by atoms with van der Waals surface area (Å²) in [5.74, 6) is 0.00825. The van der Waals surface area contributed by atoms with Gasteiger partial charge in [0.05, 0.1) is 16.5 Å². The lowest BCUT2D eigenvalue weighted by Crippen LogP contribution is -2.51. The van der Waals surface area contributed by atoms with Gasteiger partial charge < -0.3 is 10.2 Å².